The minimum absolute atomic E-state index is 0.206. The Kier molecular flexibility index (Phi) is 3.73. The third-order valence-corrected chi connectivity index (χ3v) is 3.80. The Morgan fingerprint density at radius 3 is 2.75 bits per heavy atom. The molecule has 1 aromatic carbocycles. The Morgan fingerprint density at radius 1 is 1.15 bits per heavy atom. The summed E-state index contributed by atoms with van der Waals surface area (Å²) >= 11 is 3.58. The van der Waals surface area contributed by atoms with Gasteiger partial charge in [0.15, 0.2) is 0 Å². The van der Waals surface area contributed by atoms with Crippen molar-refractivity contribution in [2.24, 2.45) is 5.84 Å². The van der Waals surface area contributed by atoms with Crippen molar-refractivity contribution in [3.05, 3.63) is 70.6 Å². The molecule has 0 amide bonds. The van der Waals surface area contributed by atoms with Crippen LogP contribution in [-0.2, 0) is 0 Å². The van der Waals surface area contributed by atoms with Crippen LogP contribution in [0.5, 0.6) is 0 Å². The molecule has 0 aliphatic heterocycles. The number of rotatable bonds is 3. The van der Waals surface area contributed by atoms with Gasteiger partial charge in [0.25, 0.3) is 0 Å². The molecule has 0 saturated heterocycles. The zero-order valence-corrected chi connectivity index (χ0v) is 12.2. The molecule has 2 aromatic heterocycles. The second kappa shape index (κ2) is 5.66. The average Bonchev–Trinajstić information content (AvgIpc) is 2.49. The lowest BCUT2D eigenvalue weighted by atomic mass is 10.0. The molecule has 0 bridgehead atoms. The summed E-state index contributed by atoms with van der Waals surface area (Å²) in [5.74, 6) is 5.71. The molecule has 20 heavy (non-hydrogen) atoms. The topological polar surface area (TPSA) is 63.8 Å². The first-order chi connectivity index (χ1) is 9.79. The molecule has 0 spiro atoms. The van der Waals surface area contributed by atoms with E-state index < -0.39 is 0 Å². The van der Waals surface area contributed by atoms with Gasteiger partial charge in [0.05, 0.1) is 17.3 Å². The SMILES string of the molecule is NNC(c1cccnc1)c1nc2ccccc2cc1Br. The normalized spacial score (nSPS) is 12.5. The number of hydrazine groups is 1. The summed E-state index contributed by atoms with van der Waals surface area (Å²) in [4.78, 5) is 8.84. The Bertz CT molecular complexity index is 730. The van der Waals surface area contributed by atoms with Crippen molar-refractivity contribution in [1.82, 2.24) is 15.4 Å². The molecule has 3 N–H and O–H groups in total. The number of nitrogens with one attached hydrogen (secondary N) is 1. The van der Waals surface area contributed by atoms with Gasteiger partial charge in [-0.1, -0.05) is 24.3 Å². The number of benzene rings is 1. The largest absolute Gasteiger partial charge is 0.271 e. The van der Waals surface area contributed by atoms with Crippen LogP contribution >= 0.6 is 15.9 Å². The summed E-state index contributed by atoms with van der Waals surface area (Å²) in [6, 6.07) is 13.7. The molecule has 1 unspecified atom stereocenters. The van der Waals surface area contributed by atoms with Crippen LogP contribution < -0.4 is 11.3 Å². The summed E-state index contributed by atoms with van der Waals surface area (Å²) in [6.07, 6.45) is 3.52. The standard InChI is InChI=1S/C15H13BrN4/c16-12-8-10-4-1-2-6-13(10)19-15(12)14(20-17)11-5-3-7-18-9-11/h1-9,14,20H,17H2. The maximum atomic E-state index is 5.71. The second-order valence-electron chi connectivity index (χ2n) is 4.43. The molecule has 0 aliphatic rings. The van der Waals surface area contributed by atoms with E-state index in [4.69, 9.17) is 10.8 Å². The molecule has 5 heteroatoms. The number of pyridine rings is 2. The van der Waals surface area contributed by atoms with Gasteiger partial charge >= 0.3 is 0 Å². The molecule has 2 heterocycles. The van der Waals surface area contributed by atoms with Crippen LogP contribution in [0.3, 0.4) is 0 Å². The van der Waals surface area contributed by atoms with Crippen LogP contribution in [-0.4, -0.2) is 9.97 Å². The fourth-order valence-corrected chi connectivity index (χ4v) is 2.75. The summed E-state index contributed by atoms with van der Waals surface area (Å²) in [7, 11) is 0. The Balaban J connectivity index is 2.14. The van der Waals surface area contributed by atoms with E-state index in [0.29, 0.717) is 0 Å². The van der Waals surface area contributed by atoms with Crippen LogP contribution in [0.2, 0.25) is 0 Å². The first-order valence-electron chi connectivity index (χ1n) is 6.21. The van der Waals surface area contributed by atoms with Gasteiger partial charge in [0.2, 0.25) is 0 Å². The third-order valence-electron chi connectivity index (χ3n) is 3.16. The highest BCUT2D eigenvalue weighted by Gasteiger charge is 2.17. The second-order valence-corrected chi connectivity index (χ2v) is 5.29. The van der Waals surface area contributed by atoms with Crippen molar-refractivity contribution in [2.45, 2.75) is 6.04 Å². The van der Waals surface area contributed by atoms with Crippen molar-refractivity contribution in [2.75, 3.05) is 0 Å². The monoisotopic (exact) mass is 328 g/mol. The van der Waals surface area contributed by atoms with Gasteiger partial charge in [-0.15, -0.1) is 0 Å². The van der Waals surface area contributed by atoms with Crippen LogP contribution in [0.1, 0.15) is 17.3 Å². The van der Waals surface area contributed by atoms with E-state index in [1.807, 2.05) is 36.4 Å². The first kappa shape index (κ1) is 13.2. The molecule has 100 valence electrons. The van der Waals surface area contributed by atoms with Crippen molar-refractivity contribution in [3.63, 3.8) is 0 Å². The smallest absolute Gasteiger partial charge is 0.0907 e. The van der Waals surface area contributed by atoms with Gasteiger partial charge in [-0.3, -0.25) is 10.8 Å². The molecule has 0 fully saturated rings. The number of aromatic nitrogens is 2. The number of hydrogen-bond acceptors (Lipinski definition) is 4. The summed E-state index contributed by atoms with van der Waals surface area (Å²) in [5.41, 5.74) is 5.56. The van der Waals surface area contributed by atoms with E-state index >= 15 is 0 Å². The number of fused-ring (bicyclic) bond motifs is 1. The van der Waals surface area contributed by atoms with E-state index in [1.54, 1.807) is 12.4 Å². The van der Waals surface area contributed by atoms with Crippen LogP contribution in [0, 0.1) is 0 Å². The lowest BCUT2D eigenvalue weighted by Crippen LogP contribution is -2.29. The van der Waals surface area contributed by atoms with Gasteiger partial charge in [-0.25, -0.2) is 10.4 Å². The van der Waals surface area contributed by atoms with Gasteiger partial charge < -0.3 is 0 Å². The zero-order chi connectivity index (χ0) is 13.9. The highest BCUT2D eigenvalue weighted by atomic mass is 79.9. The van der Waals surface area contributed by atoms with Crippen molar-refractivity contribution in [3.8, 4) is 0 Å². The minimum Gasteiger partial charge on any atom is -0.271 e. The molecule has 0 aliphatic carbocycles. The van der Waals surface area contributed by atoms with Crippen molar-refractivity contribution in [1.29, 1.82) is 0 Å². The Morgan fingerprint density at radius 2 is 2.00 bits per heavy atom. The zero-order valence-electron chi connectivity index (χ0n) is 10.6. The van der Waals surface area contributed by atoms with Gasteiger partial charge in [0, 0.05) is 22.3 Å². The van der Waals surface area contributed by atoms with E-state index in [0.717, 1.165) is 26.6 Å². The Labute approximate surface area is 125 Å². The van der Waals surface area contributed by atoms with Gasteiger partial charge in [-0.05, 0) is 39.7 Å². The minimum atomic E-state index is -0.206. The fourth-order valence-electron chi connectivity index (χ4n) is 2.19. The van der Waals surface area contributed by atoms with E-state index in [1.165, 1.54) is 0 Å². The van der Waals surface area contributed by atoms with E-state index in [9.17, 15) is 0 Å². The van der Waals surface area contributed by atoms with Crippen LogP contribution in [0.4, 0.5) is 0 Å². The molecular formula is C15H13BrN4. The van der Waals surface area contributed by atoms with Gasteiger partial charge in [-0.2, -0.15) is 0 Å². The molecule has 3 aromatic rings. The first-order valence-corrected chi connectivity index (χ1v) is 7.00. The molecule has 1 atom stereocenters. The fraction of sp³-hybridized carbons (Fsp3) is 0.0667. The van der Waals surface area contributed by atoms with Crippen LogP contribution in [0.25, 0.3) is 10.9 Å². The quantitative estimate of drug-likeness (QED) is 0.573. The third kappa shape index (κ3) is 2.43. The highest BCUT2D eigenvalue weighted by Crippen LogP contribution is 2.29. The number of halogens is 1. The summed E-state index contributed by atoms with van der Waals surface area (Å²) in [5, 5.41) is 1.09. The summed E-state index contributed by atoms with van der Waals surface area (Å²) in [6.45, 7) is 0. The number of nitrogens with two attached hydrogens (primary N) is 1. The molecule has 4 nitrogen and oxygen atoms in total. The molecule has 3 rings (SSSR count). The highest BCUT2D eigenvalue weighted by molar-refractivity contribution is 9.10. The molecule has 0 radical (unpaired) electrons. The number of nitrogens with zero attached hydrogens (tertiary/aromatic N) is 2. The predicted octanol–water partition coefficient (Wildman–Crippen LogP) is 2.95. The Hall–Kier alpha value is -1.82. The van der Waals surface area contributed by atoms with Gasteiger partial charge in [0.1, 0.15) is 0 Å². The van der Waals surface area contributed by atoms with Crippen LogP contribution in [0.15, 0.2) is 59.3 Å². The average molecular weight is 329 g/mol. The molecular weight excluding hydrogens is 316 g/mol. The maximum Gasteiger partial charge on any atom is 0.0907 e. The lowest BCUT2D eigenvalue weighted by molar-refractivity contribution is 0.618. The maximum absolute atomic E-state index is 5.71. The summed E-state index contributed by atoms with van der Waals surface area (Å²) < 4.78 is 0.919. The molecule has 0 saturated carbocycles. The number of para-hydroxylation sites is 1. The van der Waals surface area contributed by atoms with E-state index in [-0.39, 0.29) is 6.04 Å². The predicted molar refractivity (Wildman–Crippen MR) is 82.8 cm³/mol. The number of hydrogen-bond donors (Lipinski definition) is 2. The lowest BCUT2D eigenvalue weighted by Gasteiger charge is -2.17. The van der Waals surface area contributed by atoms with Crippen molar-refractivity contribution >= 4 is 26.8 Å². The van der Waals surface area contributed by atoms with E-state index in [2.05, 4.69) is 32.4 Å². The van der Waals surface area contributed by atoms with Crippen molar-refractivity contribution < 1.29 is 0 Å².